The van der Waals surface area contributed by atoms with Gasteiger partial charge in [0.25, 0.3) is 0 Å². The number of benzene rings is 2. The van der Waals surface area contributed by atoms with Crippen LogP contribution in [0.4, 0.5) is 26.3 Å². The van der Waals surface area contributed by atoms with Crippen molar-refractivity contribution in [2.24, 2.45) is 0 Å². The van der Waals surface area contributed by atoms with Gasteiger partial charge in [0.1, 0.15) is 0 Å². The van der Waals surface area contributed by atoms with E-state index in [1.807, 2.05) is 13.8 Å². The van der Waals surface area contributed by atoms with Crippen LogP contribution in [-0.2, 0) is 21.8 Å². The summed E-state index contributed by atoms with van der Waals surface area (Å²) in [7, 11) is 0. The van der Waals surface area contributed by atoms with E-state index in [1.165, 1.54) is 12.4 Å². The minimum atomic E-state index is -4.68. The van der Waals surface area contributed by atoms with Crippen molar-refractivity contribution < 1.29 is 54.5 Å². The third kappa shape index (κ3) is 9.17. The number of halogens is 6. The van der Waals surface area contributed by atoms with Gasteiger partial charge in [0.15, 0.2) is 0 Å². The number of esters is 2. The van der Waals surface area contributed by atoms with Crippen molar-refractivity contribution in [3.05, 3.63) is 107 Å². The molecule has 0 spiro atoms. The summed E-state index contributed by atoms with van der Waals surface area (Å²) in [6, 6.07) is 12.8. The average Bonchev–Trinajstić information content (AvgIpc) is 3.98. The summed E-state index contributed by atoms with van der Waals surface area (Å²) < 4.78 is 96.8. The Balaban J connectivity index is 0.000000208. The number of alkyl halides is 6. The first-order valence-corrected chi connectivity index (χ1v) is 16.0. The quantitative estimate of drug-likeness (QED) is 0.1000. The molecule has 0 N–H and O–H groups in total. The van der Waals surface area contributed by atoms with Crippen LogP contribution in [0, 0.1) is 0 Å². The van der Waals surface area contributed by atoms with Gasteiger partial charge >= 0.3 is 36.1 Å². The van der Waals surface area contributed by atoms with Gasteiger partial charge in [-0.2, -0.15) is 46.5 Å². The van der Waals surface area contributed by atoms with Gasteiger partial charge in [0, 0.05) is 23.5 Å². The maximum Gasteiger partial charge on any atom is 0.471 e. The summed E-state index contributed by atoms with van der Waals surface area (Å²) in [5.41, 5.74) is 3.11. The summed E-state index contributed by atoms with van der Waals surface area (Å²) in [5, 5.41) is 15.0. The molecule has 54 heavy (non-hydrogen) atoms. The number of aromatic nitrogens is 8. The third-order valence-corrected chi connectivity index (χ3v) is 7.66. The Labute approximate surface area is 301 Å². The van der Waals surface area contributed by atoms with Crippen LogP contribution < -0.4 is 0 Å². The third-order valence-electron chi connectivity index (χ3n) is 7.66. The predicted octanol–water partition coefficient (Wildman–Crippen LogP) is 7.48. The maximum absolute atomic E-state index is 12.5. The number of ether oxygens (including phenoxy) is 2. The van der Waals surface area contributed by atoms with Crippen LogP contribution >= 0.6 is 0 Å². The second-order valence-corrected chi connectivity index (χ2v) is 11.3. The van der Waals surface area contributed by atoms with Crippen LogP contribution in [0.25, 0.3) is 22.8 Å². The number of hydrogen-bond donors (Lipinski definition) is 0. The largest absolute Gasteiger partial charge is 0.471 e. The number of carbonyl (C=O) groups is 2. The highest BCUT2D eigenvalue weighted by Gasteiger charge is 2.39. The molecule has 4 aromatic heterocycles. The van der Waals surface area contributed by atoms with E-state index in [4.69, 9.17) is 9.47 Å². The monoisotopic (exact) mass is 760 g/mol. The molecule has 0 saturated carbocycles. The van der Waals surface area contributed by atoms with E-state index in [-0.39, 0.29) is 36.9 Å². The SMILES string of the molecule is CCOC(=O)c1cnn([C@@H](C)c2ccc(-c3noc(C(F)(F)F)n3)cc2)c1.CCOC(=O)c1cnn([C@H](C)c2ccc(-c3noc(C(F)(F)F)n3)cc2)c1. The smallest absolute Gasteiger partial charge is 0.462 e. The lowest BCUT2D eigenvalue weighted by Crippen LogP contribution is -2.08. The van der Waals surface area contributed by atoms with Gasteiger partial charge in [-0.05, 0) is 38.8 Å². The Morgan fingerprint density at radius 3 is 1.30 bits per heavy atom. The van der Waals surface area contributed by atoms with Crippen molar-refractivity contribution in [2.45, 2.75) is 52.1 Å². The minimum Gasteiger partial charge on any atom is -0.462 e. The molecule has 0 unspecified atom stereocenters. The molecule has 0 fully saturated rings. The van der Waals surface area contributed by atoms with Crippen LogP contribution in [0.5, 0.6) is 0 Å². The van der Waals surface area contributed by atoms with Crippen LogP contribution in [0.15, 0.2) is 82.4 Å². The van der Waals surface area contributed by atoms with Gasteiger partial charge < -0.3 is 18.5 Å². The van der Waals surface area contributed by atoms with Crippen molar-refractivity contribution in [1.29, 1.82) is 0 Å². The summed E-state index contributed by atoms with van der Waals surface area (Å²) >= 11 is 0. The standard InChI is InChI=1S/2C17H15F3N4O3/c2*1-3-26-15(25)13-8-21-24(9-13)10(2)11-4-6-12(7-5-11)14-22-16(27-23-14)17(18,19)20/h2*4-10H,3H2,1-2H3/t2*10-/m10/s1. The molecule has 20 heteroatoms. The summed E-state index contributed by atoms with van der Waals surface area (Å²) in [6.07, 6.45) is -3.38. The van der Waals surface area contributed by atoms with Crippen molar-refractivity contribution in [2.75, 3.05) is 13.2 Å². The fourth-order valence-corrected chi connectivity index (χ4v) is 4.78. The van der Waals surface area contributed by atoms with E-state index >= 15 is 0 Å². The molecule has 0 radical (unpaired) electrons. The first kappa shape index (κ1) is 38.9. The summed E-state index contributed by atoms with van der Waals surface area (Å²) in [5.74, 6) is -3.99. The Kier molecular flexibility index (Phi) is 11.6. The normalized spacial score (nSPS) is 12.8. The van der Waals surface area contributed by atoms with Gasteiger partial charge in [0.2, 0.25) is 11.6 Å². The van der Waals surface area contributed by atoms with Crippen molar-refractivity contribution in [1.82, 2.24) is 39.8 Å². The second-order valence-electron chi connectivity index (χ2n) is 11.3. The van der Waals surface area contributed by atoms with Gasteiger partial charge in [-0.1, -0.05) is 58.8 Å². The molecule has 2 atom stereocenters. The van der Waals surface area contributed by atoms with Crippen LogP contribution in [-0.4, -0.2) is 65.0 Å². The molecule has 0 saturated heterocycles. The van der Waals surface area contributed by atoms with Crippen LogP contribution in [0.1, 0.15) is 83.4 Å². The topological polar surface area (TPSA) is 166 Å². The highest BCUT2D eigenvalue weighted by Crippen LogP contribution is 2.31. The molecule has 6 rings (SSSR count). The Morgan fingerprint density at radius 2 is 1.00 bits per heavy atom. The van der Waals surface area contributed by atoms with Gasteiger partial charge in [0.05, 0.1) is 48.8 Å². The highest BCUT2D eigenvalue weighted by atomic mass is 19.4. The Bertz CT molecular complexity index is 2020. The molecule has 0 aliphatic rings. The van der Waals surface area contributed by atoms with Gasteiger partial charge in [-0.25, -0.2) is 9.59 Å². The number of hydrogen-bond acceptors (Lipinski definition) is 12. The zero-order valence-corrected chi connectivity index (χ0v) is 28.8. The summed E-state index contributed by atoms with van der Waals surface area (Å²) in [6.45, 7) is 7.71. The van der Waals surface area contributed by atoms with Crippen molar-refractivity contribution in [3.63, 3.8) is 0 Å². The predicted molar refractivity (Wildman–Crippen MR) is 173 cm³/mol. The number of nitrogens with zero attached hydrogens (tertiary/aromatic N) is 8. The molecular weight excluding hydrogens is 730 g/mol. The lowest BCUT2D eigenvalue weighted by Gasteiger charge is -2.12. The molecule has 14 nitrogen and oxygen atoms in total. The molecule has 0 aliphatic carbocycles. The van der Waals surface area contributed by atoms with Crippen molar-refractivity contribution in [3.8, 4) is 22.8 Å². The first-order chi connectivity index (χ1) is 25.6. The molecule has 2 aromatic carbocycles. The molecular formula is C34H30F6N8O6. The minimum absolute atomic E-state index is 0.148. The lowest BCUT2D eigenvalue weighted by atomic mass is 10.1. The second kappa shape index (κ2) is 16.1. The number of rotatable bonds is 10. The van der Waals surface area contributed by atoms with E-state index in [0.29, 0.717) is 22.3 Å². The van der Waals surface area contributed by atoms with E-state index in [9.17, 15) is 35.9 Å². The molecule has 0 amide bonds. The van der Waals surface area contributed by atoms with E-state index in [2.05, 4.69) is 39.5 Å². The molecule has 0 aliphatic heterocycles. The van der Waals surface area contributed by atoms with Crippen molar-refractivity contribution >= 4 is 11.9 Å². The van der Waals surface area contributed by atoms with Gasteiger partial charge in [-0.3, -0.25) is 9.36 Å². The average molecular weight is 761 g/mol. The number of carbonyl (C=O) groups excluding carboxylic acids is 2. The molecule has 4 heterocycles. The van der Waals surface area contributed by atoms with Gasteiger partial charge in [-0.15, -0.1) is 0 Å². The fraction of sp³-hybridized carbons (Fsp3) is 0.294. The first-order valence-electron chi connectivity index (χ1n) is 16.0. The molecule has 0 bridgehead atoms. The van der Waals surface area contributed by atoms with Crippen LogP contribution in [0.2, 0.25) is 0 Å². The van der Waals surface area contributed by atoms with E-state index < -0.39 is 36.1 Å². The molecule has 6 aromatic rings. The summed E-state index contributed by atoms with van der Waals surface area (Å²) in [4.78, 5) is 30.1. The van der Waals surface area contributed by atoms with E-state index in [0.717, 1.165) is 11.1 Å². The zero-order valence-electron chi connectivity index (χ0n) is 28.8. The lowest BCUT2D eigenvalue weighted by molar-refractivity contribution is -0.160. The molecule has 284 valence electrons. The highest BCUT2D eigenvalue weighted by molar-refractivity contribution is 5.89. The maximum atomic E-state index is 12.5. The Morgan fingerprint density at radius 1 is 0.648 bits per heavy atom. The Hall–Kier alpha value is -6.34. The fourth-order valence-electron chi connectivity index (χ4n) is 4.78. The van der Waals surface area contributed by atoms with Crippen LogP contribution in [0.3, 0.4) is 0 Å². The zero-order chi connectivity index (χ0) is 39.2. The van der Waals surface area contributed by atoms with E-state index in [1.54, 1.807) is 84.1 Å².